The number of fused-ring (bicyclic) bond motifs is 6. The number of pyridine rings is 2. The number of furan rings is 2. The molecule has 10 rings (SSSR count). The summed E-state index contributed by atoms with van der Waals surface area (Å²) in [5, 5.41) is 6.47. The van der Waals surface area contributed by atoms with E-state index >= 15 is 0 Å². The van der Waals surface area contributed by atoms with Gasteiger partial charge in [0.2, 0.25) is 0 Å². The minimum absolute atomic E-state index is 0.149. The molecule has 0 amide bonds. The Hall–Kier alpha value is -6.14. The molecule has 0 fully saturated rings. The standard InChI is InChI=1S/C38H20N2O4/c41-37-25-9-6-12-30-36(25)35-26(38(42)40(30)22-16-18-34-28(20-22)24-8-2-4-14-32(24)44-34)10-5-11-29(35)39(37)21-15-17-33-27(19-21)23-7-1-3-13-31(23)43-33/h1-20H. The van der Waals surface area contributed by atoms with Crippen LogP contribution in [0.1, 0.15) is 0 Å². The van der Waals surface area contributed by atoms with Crippen molar-refractivity contribution in [2.45, 2.75) is 0 Å². The van der Waals surface area contributed by atoms with Crippen LogP contribution in [0.15, 0.2) is 140 Å². The summed E-state index contributed by atoms with van der Waals surface area (Å²) >= 11 is 0. The molecule has 4 aromatic heterocycles. The fourth-order valence-electron chi connectivity index (χ4n) is 7.01. The summed E-state index contributed by atoms with van der Waals surface area (Å²) in [5.41, 5.74) is 5.60. The van der Waals surface area contributed by atoms with E-state index in [2.05, 4.69) is 0 Å². The zero-order valence-electron chi connectivity index (χ0n) is 23.1. The fraction of sp³-hybridized carbons (Fsp3) is 0. The van der Waals surface area contributed by atoms with Gasteiger partial charge in [0, 0.05) is 32.3 Å². The van der Waals surface area contributed by atoms with Crippen LogP contribution >= 0.6 is 0 Å². The molecule has 0 bridgehead atoms. The van der Waals surface area contributed by atoms with Gasteiger partial charge in [0.25, 0.3) is 11.1 Å². The normalized spacial score (nSPS) is 12.3. The number of rotatable bonds is 2. The van der Waals surface area contributed by atoms with Crippen LogP contribution in [0, 0.1) is 0 Å². The molecule has 44 heavy (non-hydrogen) atoms. The number of hydrogen-bond acceptors (Lipinski definition) is 4. The van der Waals surface area contributed by atoms with E-state index in [0.29, 0.717) is 33.2 Å². The molecule has 0 spiro atoms. The van der Waals surface area contributed by atoms with E-state index in [1.54, 1.807) is 9.13 Å². The summed E-state index contributed by atoms with van der Waals surface area (Å²) in [6.45, 7) is 0. The van der Waals surface area contributed by atoms with Gasteiger partial charge in [0.05, 0.1) is 33.2 Å². The van der Waals surface area contributed by atoms with Crippen molar-refractivity contribution >= 4 is 76.5 Å². The molecule has 0 N–H and O–H groups in total. The molecule has 0 aliphatic carbocycles. The molecule has 0 atom stereocenters. The van der Waals surface area contributed by atoms with E-state index in [1.807, 2.05) is 121 Å². The first-order valence-corrected chi connectivity index (χ1v) is 14.4. The third-order valence-corrected chi connectivity index (χ3v) is 8.92. The van der Waals surface area contributed by atoms with Crippen LogP contribution in [0.5, 0.6) is 0 Å². The number of para-hydroxylation sites is 2. The summed E-state index contributed by atoms with van der Waals surface area (Å²) in [6, 6.07) is 38.6. The lowest BCUT2D eigenvalue weighted by molar-refractivity contribution is 0.668. The second-order valence-electron chi connectivity index (χ2n) is 11.2. The molecule has 4 heterocycles. The Kier molecular flexibility index (Phi) is 4.39. The van der Waals surface area contributed by atoms with E-state index in [0.717, 1.165) is 54.6 Å². The van der Waals surface area contributed by atoms with Gasteiger partial charge < -0.3 is 8.83 Å². The van der Waals surface area contributed by atoms with E-state index in [4.69, 9.17) is 8.83 Å². The van der Waals surface area contributed by atoms with Crippen LogP contribution in [-0.2, 0) is 0 Å². The van der Waals surface area contributed by atoms with Crippen molar-refractivity contribution in [1.29, 1.82) is 0 Å². The predicted octanol–water partition coefficient (Wildman–Crippen LogP) is 8.68. The van der Waals surface area contributed by atoms with Gasteiger partial charge in [-0.05, 0) is 72.8 Å². The Bertz CT molecular complexity index is 2740. The molecule has 6 heteroatoms. The maximum Gasteiger partial charge on any atom is 0.263 e. The quantitative estimate of drug-likeness (QED) is 0.196. The maximum absolute atomic E-state index is 14.4. The lowest BCUT2D eigenvalue weighted by Crippen LogP contribution is -2.24. The smallest absolute Gasteiger partial charge is 0.263 e. The Labute approximate surface area is 247 Å². The summed E-state index contributed by atoms with van der Waals surface area (Å²) < 4.78 is 15.5. The molecule has 6 nitrogen and oxygen atoms in total. The van der Waals surface area contributed by atoms with Gasteiger partial charge in [0.1, 0.15) is 22.3 Å². The number of benzene rings is 6. The zero-order valence-corrected chi connectivity index (χ0v) is 23.1. The highest BCUT2D eigenvalue weighted by Crippen LogP contribution is 2.36. The summed E-state index contributed by atoms with van der Waals surface area (Å²) in [5.74, 6) is 0. The van der Waals surface area contributed by atoms with Crippen molar-refractivity contribution < 1.29 is 8.83 Å². The van der Waals surface area contributed by atoms with E-state index in [9.17, 15) is 9.59 Å². The molecule has 0 saturated carbocycles. The number of hydrogen-bond donors (Lipinski definition) is 0. The van der Waals surface area contributed by atoms with Gasteiger partial charge >= 0.3 is 0 Å². The lowest BCUT2D eigenvalue weighted by Gasteiger charge is -2.19. The van der Waals surface area contributed by atoms with Crippen LogP contribution < -0.4 is 11.1 Å². The van der Waals surface area contributed by atoms with Crippen LogP contribution in [0.25, 0.3) is 87.8 Å². The molecule has 0 radical (unpaired) electrons. The molecule has 6 aromatic carbocycles. The molecule has 10 aromatic rings. The topological polar surface area (TPSA) is 70.3 Å². The average molecular weight is 569 g/mol. The predicted molar refractivity (Wildman–Crippen MR) is 176 cm³/mol. The van der Waals surface area contributed by atoms with Gasteiger partial charge in [-0.25, -0.2) is 0 Å². The lowest BCUT2D eigenvalue weighted by atomic mass is 9.99. The molecular formula is C38H20N2O4. The van der Waals surface area contributed by atoms with Gasteiger partial charge in [-0.1, -0.05) is 48.5 Å². The molecular weight excluding hydrogens is 548 g/mol. The highest BCUT2D eigenvalue weighted by molar-refractivity contribution is 6.21. The van der Waals surface area contributed by atoms with E-state index in [1.165, 1.54) is 0 Å². The Balaban J connectivity index is 1.31. The molecule has 0 saturated heterocycles. The Morgan fingerprint density at radius 1 is 0.386 bits per heavy atom. The minimum Gasteiger partial charge on any atom is -0.456 e. The van der Waals surface area contributed by atoms with Crippen molar-refractivity contribution in [3.63, 3.8) is 0 Å². The Morgan fingerprint density at radius 2 is 0.795 bits per heavy atom. The first-order chi connectivity index (χ1) is 21.7. The second-order valence-corrected chi connectivity index (χ2v) is 11.2. The average Bonchev–Trinajstić information content (AvgIpc) is 3.62. The van der Waals surface area contributed by atoms with Crippen LogP contribution in [0.2, 0.25) is 0 Å². The fourth-order valence-corrected chi connectivity index (χ4v) is 7.01. The molecule has 0 aliphatic rings. The van der Waals surface area contributed by atoms with Crippen molar-refractivity contribution in [2.24, 2.45) is 0 Å². The van der Waals surface area contributed by atoms with Crippen LogP contribution in [0.4, 0.5) is 0 Å². The molecule has 206 valence electrons. The summed E-state index contributed by atoms with van der Waals surface area (Å²) in [7, 11) is 0. The van der Waals surface area contributed by atoms with Crippen molar-refractivity contribution in [3.8, 4) is 11.4 Å². The van der Waals surface area contributed by atoms with Crippen molar-refractivity contribution in [1.82, 2.24) is 9.13 Å². The minimum atomic E-state index is -0.149. The van der Waals surface area contributed by atoms with Gasteiger partial charge in [-0.15, -0.1) is 0 Å². The first kappa shape index (κ1) is 23.4. The monoisotopic (exact) mass is 568 g/mol. The molecule has 0 unspecified atom stereocenters. The largest absolute Gasteiger partial charge is 0.456 e. The highest BCUT2D eigenvalue weighted by atomic mass is 16.3. The van der Waals surface area contributed by atoms with E-state index < -0.39 is 0 Å². The SMILES string of the molecule is O=c1c2cccc3c2c2c(cccc2n1-c1ccc2oc4ccccc4c2c1)c(=O)n3-c1ccc2oc3ccccc3c2c1. The second kappa shape index (κ2) is 8.24. The zero-order chi connectivity index (χ0) is 29.1. The van der Waals surface area contributed by atoms with Gasteiger partial charge in [-0.3, -0.25) is 18.7 Å². The summed E-state index contributed by atoms with van der Waals surface area (Å²) in [4.78, 5) is 28.8. The van der Waals surface area contributed by atoms with Gasteiger partial charge in [0.15, 0.2) is 0 Å². The van der Waals surface area contributed by atoms with Crippen LogP contribution in [0.3, 0.4) is 0 Å². The first-order valence-electron chi connectivity index (χ1n) is 14.4. The molecule has 0 aliphatic heterocycles. The Morgan fingerprint density at radius 3 is 1.27 bits per heavy atom. The van der Waals surface area contributed by atoms with Crippen molar-refractivity contribution in [3.05, 3.63) is 142 Å². The van der Waals surface area contributed by atoms with E-state index in [-0.39, 0.29) is 11.1 Å². The van der Waals surface area contributed by atoms with Gasteiger partial charge in [-0.2, -0.15) is 0 Å². The number of nitrogens with zero attached hydrogens (tertiary/aromatic N) is 2. The maximum atomic E-state index is 14.4. The van der Waals surface area contributed by atoms with Crippen molar-refractivity contribution in [2.75, 3.05) is 0 Å². The highest BCUT2D eigenvalue weighted by Gasteiger charge is 2.22. The van der Waals surface area contributed by atoms with Crippen LogP contribution in [-0.4, -0.2) is 9.13 Å². The number of aromatic nitrogens is 2. The third-order valence-electron chi connectivity index (χ3n) is 8.92. The third kappa shape index (κ3) is 2.93. The summed E-state index contributed by atoms with van der Waals surface area (Å²) in [6.07, 6.45) is 0.